The maximum Gasteiger partial charge on any atom is 0.235 e. The third-order valence-electron chi connectivity index (χ3n) is 1.99. The molecule has 0 spiro atoms. The minimum Gasteiger partial charge on any atom is -0.368 e. The molecule has 1 aromatic carbocycles. The average Bonchev–Trinajstić information content (AvgIpc) is 2.29. The number of benzene rings is 1. The molecule has 0 bridgehead atoms. The number of hydrogen-bond acceptors (Lipinski definition) is 4. The van der Waals surface area contributed by atoms with Crippen LogP contribution in [0.25, 0.3) is 0 Å². The molecule has 6 heteroatoms. The lowest BCUT2D eigenvalue weighted by atomic mass is 10.2. The van der Waals surface area contributed by atoms with E-state index in [1.165, 1.54) is 11.8 Å². The van der Waals surface area contributed by atoms with Crippen LogP contribution in [-0.2, 0) is 4.79 Å². The molecule has 1 aromatic rings. The van der Waals surface area contributed by atoms with E-state index in [0.717, 1.165) is 0 Å². The molecule has 0 fully saturated rings. The Labute approximate surface area is 111 Å². The Morgan fingerprint density at radius 3 is 2.35 bits per heavy atom. The fraction of sp³-hybridized carbons (Fsp3) is 0.273. The lowest BCUT2D eigenvalue weighted by Crippen LogP contribution is -2.38. The smallest absolute Gasteiger partial charge is 0.235 e. The lowest BCUT2D eigenvalue weighted by Gasteiger charge is -2.06. The number of primary amides is 1. The van der Waals surface area contributed by atoms with Gasteiger partial charge in [0.15, 0.2) is 5.78 Å². The van der Waals surface area contributed by atoms with Crippen LogP contribution in [0.4, 0.5) is 0 Å². The van der Waals surface area contributed by atoms with Gasteiger partial charge in [-0.25, -0.2) is 0 Å². The first-order valence-corrected chi connectivity index (χ1v) is 5.97. The number of Topliss-reactive ketones (excluding diaryl/α,β-unsaturated/α-hetero) is 1. The third kappa shape index (κ3) is 5.72. The minimum absolute atomic E-state index is 0. The molecule has 1 atom stereocenters. The zero-order valence-electron chi connectivity index (χ0n) is 9.17. The van der Waals surface area contributed by atoms with E-state index in [4.69, 9.17) is 11.5 Å². The fourth-order valence-electron chi connectivity index (χ4n) is 1.07. The van der Waals surface area contributed by atoms with E-state index >= 15 is 0 Å². The summed E-state index contributed by atoms with van der Waals surface area (Å²) in [7, 11) is 0. The van der Waals surface area contributed by atoms with E-state index in [9.17, 15) is 9.59 Å². The SMILES string of the molecule is Cl.NC(=O)[C@@H](N)CSCC(=O)c1ccccc1. The third-order valence-corrected chi connectivity index (χ3v) is 3.05. The van der Waals surface area contributed by atoms with Crippen molar-refractivity contribution in [1.82, 2.24) is 0 Å². The highest BCUT2D eigenvalue weighted by Crippen LogP contribution is 2.07. The molecule has 0 radical (unpaired) electrons. The molecule has 0 heterocycles. The first-order valence-electron chi connectivity index (χ1n) is 4.82. The number of halogens is 1. The van der Waals surface area contributed by atoms with E-state index in [2.05, 4.69) is 0 Å². The molecular weight excluding hydrogens is 260 g/mol. The number of ketones is 1. The molecule has 0 aliphatic rings. The Morgan fingerprint density at radius 2 is 1.82 bits per heavy atom. The molecule has 0 saturated heterocycles. The van der Waals surface area contributed by atoms with Crippen LogP contribution in [-0.4, -0.2) is 29.2 Å². The highest BCUT2D eigenvalue weighted by atomic mass is 35.5. The monoisotopic (exact) mass is 274 g/mol. The minimum atomic E-state index is -0.687. The molecule has 1 rings (SSSR count). The number of thioether (sulfide) groups is 1. The highest BCUT2D eigenvalue weighted by molar-refractivity contribution is 8.00. The van der Waals surface area contributed by atoms with E-state index < -0.39 is 11.9 Å². The molecule has 0 aromatic heterocycles. The maximum atomic E-state index is 11.6. The second kappa shape index (κ2) is 8.11. The zero-order valence-corrected chi connectivity index (χ0v) is 10.8. The molecule has 4 N–H and O–H groups in total. The summed E-state index contributed by atoms with van der Waals surface area (Å²) in [4.78, 5) is 22.3. The summed E-state index contributed by atoms with van der Waals surface area (Å²) in [5.41, 5.74) is 11.1. The van der Waals surface area contributed by atoms with Crippen molar-refractivity contribution in [2.24, 2.45) is 11.5 Å². The van der Waals surface area contributed by atoms with Gasteiger partial charge < -0.3 is 11.5 Å². The second-order valence-electron chi connectivity index (χ2n) is 3.31. The van der Waals surface area contributed by atoms with E-state index in [1.54, 1.807) is 12.1 Å². The van der Waals surface area contributed by atoms with Crippen LogP contribution in [0.1, 0.15) is 10.4 Å². The first-order chi connectivity index (χ1) is 7.61. The van der Waals surface area contributed by atoms with Crippen LogP contribution < -0.4 is 11.5 Å². The van der Waals surface area contributed by atoms with Crippen molar-refractivity contribution < 1.29 is 9.59 Å². The van der Waals surface area contributed by atoms with E-state index in [-0.39, 0.29) is 18.2 Å². The summed E-state index contributed by atoms with van der Waals surface area (Å²) in [5, 5.41) is 0. The van der Waals surface area contributed by atoms with Gasteiger partial charge in [0.1, 0.15) is 0 Å². The summed E-state index contributed by atoms with van der Waals surface area (Å²) in [6.07, 6.45) is 0. The summed E-state index contributed by atoms with van der Waals surface area (Å²) in [5.74, 6) is 0.167. The van der Waals surface area contributed by atoms with E-state index in [0.29, 0.717) is 17.1 Å². The van der Waals surface area contributed by atoms with Crippen molar-refractivity contribution in [3.8, 4) is 0 Å². The fourth-order valence-corrected chi connectivity index (χ4v) is 1.96. The number of carbonyl (C=O) groups is 2. The van der Waals surface area contributed by atoms with Crippen molar-refractivity contribution in [1.29, 1.82) is 0 Å². The standard InChI is InChI=1S/C11H14N2O2S.ClH/c12-9(11(13)15)6-16-7-10(14)8-4-2-1-3-5-8;/h1-5,9H,6-7,12H2,(H2,13,15);1H/t9-;/m0./s1. The summed E-state index contributed by atoms with van der Waals surface area (Å²) >= 11 is 1.32. The van der Waals surface area contributed by atoms with Crippen molar-refractivity contribution in [3.05, 3.63) is 35.9 Å². The van der Waals surface area contributed by atoms with Crippen LogP contribution in [0.2, 0.25) is 0 Å². The van der Waals surface area contributed by atoms with Crippen molar-refractivity contribution >= 4 is 35.9 Å². The highest BCUT2D eigenvalue weighted by Gasteiger charge is 2.11. The lowest BCUT2D eigenvalue weighted by molar-refractivity contribution is -0.118. The Morgan fingerprint density at radius 1 is 1.24 bits per heavy atom. The summed E-state index contributed by atoms with van der Waals surface area (Å²) in [6, 6.07) is 8.31. The van der Waals surface area contributed by atoms with Gasteiger partial charge in [0.25, 0.3) is 0 Å². The topological polar surface area (TPSA) is 86.2 Å². The van der Waals surface area contributed by atoms with Crippen LogP contribution in [0.15, 0.2) is 30.3 Å². The van der Waals surface area contributed by atoms with Crippen molar-refractivity contribution in [2.75, 3.05) is 11.5 Å². The van der Waals surface area contributed by atoms with Crippen LogP contribution >= 0.6 is 24.2 Å². The van der Waals surface area contributed by atoms with Gasteiger partial charge in [-0.1, -0.05) is 30.3 Å². The van der Waals surface area contributed by atoms with E-state index in [1.807, 2.05) is 18.2 Å². The van der Waals surface area contributed by atoms with Crippen LogP contribution in [0.5, 0.6) is 0 Å². The molecular formula is C11H15ClN2O2S. The molecule has 1 amide bonds. The molecule has 94 valence electrons. The largest absolute Gasteiger partial charge is 0.368 e. The number of amides is 1. The number of carbonyl (C=O) groups excluding carboxylic acids is 2. The Balaban J connectivity index is 0.00000256. The van der Waals surface area contributed by atoms with Gasteiger partial charge >= 0.3 is 0 Å². The zero-order chi connectivity index (χ0) is 12.0. The van der Waals surface area contributed by atoms with Crippen molar-refractivity contribution in [2.45, 2.75) is 6.04 Å². The molecule has 17 heavy (non-hydrogen) atoms. The van der Waals surface area contributed by atoms with Crippen LogP contribution in [0.3, 0.4) is 0 Å². The predicted molar refractivity (Wildman–Crippen MR) is 72.5 cm³/mol. The van der Waals surface area contributed by atoms with Crippen LogP contribution in [0, 0.1) is 0 Å². The molecule has 0 aliphatic heterocycles. The summed E-state index contributed by atoms with van der Waals surface area (Å²) < 4.78 is 0. The molecule has 0 unspecified atom stereocenters. The molecule has 4 nitrogen and oxygen atoms in total. The Kier molecular flexibility index (Phi) is 7.61. The number of rotatable bonds is 6. The normalized spacial score (nSPS) is 11.4. The average molecular weight is 275 g/mol. The molecule has 0 aliphatic carbocycles. The van der Waals surface area contributed by atoms with Gasteiger partial charge in [-0.05, 0) is 0 Å². The maximum absolute atomic E-state index is 11.6. The second-order valence-corrected chi connectivity index (χ2v) is 4.34. The quantitative estimate of drug-likeness (QED) is 0.753. The van der Waals surface area contributed by atoms with Gasteiger partial charge in [0.05, 0.1) is 11.8 Å². The first kappa shape index (κ1) is 16.0. The van der Waals surface area contributed by atoms with Gasteiger partial charge in [-0.15, -0.1) is 12.4 Å². The number of nitrogens with two attached hydrogens (primary N) is 2. The van der Waals surface area contributed by atoms with Gasteiger partial charge in [0.2, 0.25) is 5.91 Å². The predicted octanol–water partition coefficient (Wildman–Crippen LogP) is 0.837. The Hall–Kier alpha value is -1.04. The Bertz CT molecular complexity index is 373. The molecule has 0 saturated carbocycles. The van der Waals surface area contributed by atoms with Gasteiger partial charge in [0, 0.05) is 11.3 Å². The van der Waals surface area contributed by atoms with Crippen molar-refractivity contribution in [3.63, 3.8) is 0 Å². The van der Waals surface area contributed by atoms with Gasteiger partial charge in [-0.2, -0.15) is 11.8 Å². The van der Waals surface area contributed by atoms with Gasteiger partial charge in [-0.3, -0.25) is 9.59 Å². The summed E-state index contributed by atoms with van der Waals surface area (Å²) in [6.45, 7) is 0. The number of hydrogen-bond donors (Lipinski definition) is 2.